The molecule has 0 aliphatic carbocycles. The van der Waals surface area contributed by atoms with E-state index in [1.165, 1.54) is 0 Å². The molecule has 4 nitrogen and oxygen atoms in total. The summed E-state index contributed by atoms with van der Waals surface area (Å²) in [7, 11) is 0. The molecule has 4 heteroatoms. The zero-order valence-corrected chi connectivity index (χ0v) is 12.6. The third kappa shape index (κ3) is 3.48. The number of rotatable bonds is 4. The maximum Gasteiger partial charge on any atom is 0.240 e. The first-order valence-corrected chi connectivity index (χ1v) is 7.67. The van der Waals surface area contributed by atoms with E-state index in [9.17, 15) is 4.79 Å². The molecular weight excluding hydrogens is 240 g/mol. The van der Waals surface area contributed by atoms with Gasteiger partial charge in [0.25, 0.3) is 0 Å². The predicted molar refractivity (Wildman–Crippen MR) is 76.1 cm³/mol. The van der Waals surface area contributed by atoms with Crippen LogP contribution in [0.15, 0.2) is 0 Å². The van der Waals surface area contributed by atoms with Gasteiger partial charge in [-0.2, -0.15) is 0 Å². The summed E-state index contributed by atoms with van der Waals surface area (Å²) in [5, 5.41) is 6.70. The lowest BCUT2D eigenvalue weighted by molar-refractivity contribution is -0.130. The van der Waals surface area contributed by atoms with Crippen LogP contribution in [-0.4, -0.2) is 36.2 Å². The van der Waals surface area contributed by atoms with Gasteiger partial charge in [-0.25, -0.2) is 0 Å². The number of carbonyl (C=O) groups excluding carboxylic acids is 1. The van der Waals surface area contributed by atoms with Gasteiger partial charge in [0, 0.05) is 12.6 Å². The molecule has 0 spiro atoms. The second kappa shape index (κ2) is 5.80. The number of hydrogen-bond acceptors (Lipinski definition) is 3. The number of nitrogens with one attached hydrogen (secondary N) is 2. The Hall–Kier alpha value is -0.610. The van der Waals surface area contributed by atoms with Gasteiger partial charge in [0.2, 0.25) is 5.91 Å². The van der Waals surface area contributed by atoms with E-state index in [1.807, 2.05) is 0 Å². The molecule has 2 rings (SSSR count). The standard InChI is InChI=1S/C15H28N2O2/c1-4-7-15(8-5-9-16-15)13(18)17-12-6-10-19-14(2,3)11-12/h12,16H,4-11H2,1-3H3,(H,17,18). The molecule has 0 aromatic heterocycles. The zero-order valence-electron chi connectivity index (χ0n) is 12.6. The minimum Gasteiger partial charge on any atom is -0.375 e. The summed E-state index contributed by atoms with van der Waals surface area (Å²) >= 11 is 0. The van der Waals surface area contributed by atoms with E-state index in [4.69, 9.17) is 4.74 Å². The summed E-state index contributed by atoms with van der Waals surface area (Å²) in [4.78, 5) is 12.6. The predicted octanol–water partition coefficient (Wildman–Crippen LogP) is 1.98. The molecule has 2 fully saturated rings. The van der Waals surface area contributed by atoms with Crippen molar-refractivity contribution in [2.75, 3.05) is 13.2 Å². The van der Waals surface area contributed by atoms with Crippen molar-refractivity contribution in [3.8, 4) is 0 Å². The Morgan fingerprint density at radius 3 is 2.84 bits per heavy atom. The van der Waals surface area contributed by atoms with E-state index < -0.39 is 0 Å². The van der Waals surface area contributed by atoms with Crippen LogP contribution in [0, 0.1) is 0 Å². The molecule has 2 aliphatic rings. The van der Waals surface area contributed by atoms with Crippen LogP contribution in [0.1, 0.15) is 59.3 Å². The average Bonchev–Trinajstić information content (AvgIpc) is 2.78. The van der Waals surface area contributed by atoms with Crippen LogP contribution in [0.4, 0.5) is 0 Å². The first-order valence-electron chi connectivity index (χ1n) is 7.67. The van der Waals surface area contributed by atoms with Crippen LogP contribution < -0.4 is 10.6 Å². The number of ether oxygens (including phenoxy) is 1. The first kappa shape index (κ1) is 14.8. The van der Waals surface area contributed by atoms with Gasteiger partial charge in [-0.1, -0.05) is 13.3 Å². The summed E-state index contributed by atoms with van der Waals surface area (Å²) < 4.78 is 5.71. The number of hydrogen-bond donors (Lipinski definition) is 2. The first-order chi connectivity index (χ1) is 8.97. The minimum atomic E-state index is -0.308. The quantitative estimate of drug-likeness (QED) is 0.820. The molecule has 1 amide bonds. The van der Waals surface area contributed by atoms with Crippen molar-refractivity contribution in [2.45, 2.75) is 76.5 Å². The largest absolute Gasteiger partial charge is 0.375 e. The Kier molecular flexibility index (Phi) is 4.51. The van der Waals surface area contributed by atoms with Crippen molar-refractivity contribution < 1.29 is 9.53 Å². The van der Waals surface area contributed by atoms with Gasteiger partial charge in [-0.15, -0.1) is 0 Å². The van der Waals surface area contributed by atoms with E-state index in [2.05, 4.69) is 31.4 Å². The SMILES string of the molecule is CCCC1(C(=O)NC2CCOC(C)(C)C2)CCCN1. The summed E-state index contributed by atoms with van der Waals surface area (Å²) in [5.74, 6) is 0.203. The van der Waals surface area contributed by atoms with Gasteiger partial charge in [0.05, 0.1) is 11.1 Å². The summed E-state index contributed by atoms with van der Waals surface area (Å²) in [5.41, 5.74) is -0.422. The van der Waals surface area contributed by atoms with E-state index in [0.29, 0.717) is 0 Å². The van der Waals surface area contributed by atoms with Gasteiger partial charge in [-0.05, 0) is 52.5 Å². The lowest BCUT2D eigenvalue weighted by Gasteiger charge is -2.38. The fourth-order valence-electron chi connectivity index (χ4n) is 3.43. The van der Waals surface area contributed by atoms with Crippen molar-refractivity contribution in [3.63, 3.8) is 0 Å². The minimum absolute atomic E-state index is 0.114. The molecule has 0 saturated carbocycles. The Morgan fingerprint density at radius 1 is 1.47 bits per heavy atom. The third-order valence-corrected chi connectivity index (χ3v) is 4.39. The smallest absolute Gasteiger partial charge is 0.240 e. The van der Waals surface area contributed by atoms with E-state index in [1.54, 1.807) is 0 Å². The van der Waals surface area contributed by atoms with Gasteiger partial charge in [-0.3, -0.25) is 4.79 Å². The highest BCUT2D eigenvalue weighted by atomic mass is 16.5. The second-order valence-electron chi connectivity index (χ2n) is 6.63. The molecule has 110 valence electrons. The highest BCUT2D eigenvalue weighted by Crippen LogP contribution is 2.28. The zero-order chi connectivity index (χ0) is 13.9. The maximum atomic E-state index is 12.6. The maximum absolute atomic E-state index is 12.6. The van der Waals surface area contributed by atoms with Crippen LogP contribution >= 0.6 is 0 Å². The molecule has 2 aliphatic heterocycles. The third-order valence-electron chi connectivity index (χ3n) is 4.39. The van der Waals surface area contributed by atoms with Crippen LogP contribution in [0.25, 0.3) is 0 Å². The normalized spacial score (nSPS) is 34.2. The molecular formula is C15H28N2O2. The van der Waals surface area contributed by atoms with Crippen molar-refractivity contribution in [3.05, 3.63) is 0 Å². The average molecular weight is 268 g/mol. The fourth-order valence-corrected chi connectivity index (χ4v) is 3.43. The van der Waals surface area contributed by atoms with Crippen molar-refractivity contribution in [1.29, 1.82) is 0 Å². The van der Waals surface area contributed by atoms with Gasteiger partial charge in [0.15, 0.2) is 0 Å². The molecule has 19 heavy (non-hydrogen) atoms. The highest BCUT2D eigenvalue weighted by molar-refractivity contribution is 5.87. The Morgan fingerprint density at radius 2 is 2.26 bits per heavy atom. The van der Waals surface area contributed by atoms with Crippen molar-refractivity contribution in [1.82, 2.24) is 10.6 Å². The molecule has 2 heterocycles. The molecule has 0 bridgehead atoms. The van der Waals surface area contributed by atoms with Crippen LogP contribution in [0.3, 0.4) is 0 Å². The van der Waals surface area contributed by atoms with E-state index >= 15 is 0 Å². The van der Waals surface area contributed by atoms with Gasteiger partial charge < -0.3 is 15.4 Å². The van der Waals surface area contributed by atoms with Crippen LogP contribution in [0.5, 0.6) is 0 Å². The summed E-state index contributed by atoms with van der Waals surface area (Å²) in [6, 6.07) is 0.257. The molecule has 2 unspecified atom stereocenters. The summed E-state index contributed by atoms with van der Waals surface area (Å²) in [6.45, 7) is 8.05. The second-order valence-corrected chi connectivity index (χ2v) is 6.63. The monoisotopic (exact) mass is 268 g/mol. The molecule has 2 atom stereocenters. The van der Waals surface area contributed by atoms with Crippen molar-refractivity contribution >= 4 is 5.91 Å². The van der Waals surface area contributed by atoms with E-state index in [0.717, 1.165) is 51.7 Å². The van der Waals surface area contributed by atoms with Gasteiger partial charge in [0.1, 0.15) is 0 Å². The molecule has 0 aromatic carbocycles. The lowest BCUT2D eigenvalue weighted by atomic mass is 9.88. The molecule has 0 aromatic rings. The van der Waals surface area contributed by atoms with E-state index in [-0.39, 0.29) is 23.1 Å². The molecule has 2 saturated heterocycles. The van der Waals surface area contributed by atoms with Gasteiger partial charge >= 0.3 is 0 Å². The molecule has 2 N–H and O–H groups in total. The number of amides is 1. The van der Waals surface area contributed by atoms with Crippen LogP contribution in [0.2, 0.25) is 0 Å². The fraction of sp³-hybridized carbons (Fsp3) is 0.933. The summed E-state index contributed by atoms with van der Waals surface area (Å²) in [6.07, 6.45) is 5.88. The van der Waals surface area contributed by atoms with Crippen molar-refractivity contribution in [2.24, 2.45) is 0 Å². The Bertz CT molecular complexity index is 322. The lowest BCUT2D eigenvalue weighted by Crippen LogP contribution is -2.57. The topological polar surface area (TPSA) is 50.4 Å². The molecule has 0 radical (unpaired) electrons. The van der Waals surface area contributed by atoms with Crippen LogP contribution in [-0.2, 0) is 9.53 Å². The Labute approximate surface area is 116 Å². The number of carbonyl (C=O) groups is 1. The Balaban J connectivity index is 1.95. The highest BCUT2D eigenvalue weighted by Gasteiger charge is 2.41.